The van der Waals surface area contributed by atoms with Crippen LogP contribution in [-0.2, 0) is 11.3 Å². The number of carbonyl (C=O) groups excluding carboxylic acids is 2. The molecule has 2 amide bonds. The molecule has 0 unspecified atom stereocenters. The second-order valence-corrected chi connectivity index (χ2v) is 6.86. The predicted octanol–water partition coefficient (Wildman–Crippen LogP) is 3.92. The summed E-state index contributed by atoms with van der Waals surface area (Å²) in [6.07, 6.45) is 0. The summed E-state index contributed by atoms with van der Waals surface area (Å²) in [6, 6.07) is 22.5. The van der Waals surface area contributed by atoms with Gasteiger partial charge in [0.1, 0.15) is 11.8 Å². The maximum atomic E-state index is 13.1. The van der Waals surface area contributed by atoms with Crippen LogP contribution < -0.4 is 15.4 Å². The Morgan fingerprint density at radius 2 is 1.80 bits per heavy atom. The maximum absolute atomic E-state index is 13.1. The monoisotopic (exact) mass is 419 g/mol. The van der Waals surface area contributed by atoms with Crippen LogP contribution in [-0.4, -0.2) is 18.4 Å². The number of hydrogen-bond donors (Lipinski definition) is 1. The summed E-state index contributed by atoms with van der Waals surface area (Å²) in [4.78, 5) is 25.9. The van der Waals surface area contributed by atoms with Gasteiger partial charge in [-0.15, -0.1) is 0 Å². The van der Waals surface area contributed by atoms with Crippen LogP contribution in [0.2, 0.25) is 5.02 Å². The number of nitrogens with two attached hydrogens (primary N) is 1. The Bertz CT molecular complexity index is 1110. The first kappa shape index (κ1) is 20.9. The second kappa shape index (κ2) is 9.59. The van der Waals surface area contributed by atoms with Crippen molar-refractivity contribution in [2.24, 2.45) is 5.73 Å². The fraction of sp³-hybridized carbons (Fsp3) is 0.0870. The lowest BCUT2D eigenvalue weighted by Crippen LogP contribution is -2.35. The zero-order valence-electron chi connectivity index (χ0n) is 15.9. The SMILES string of the molecule is N#Cc1ccc(Cl)cc1N(Cc1ccccc1)C(=O)COc1cccc(C(N)=O)c1. The summed E-state index contributed by atoms with van der Waals surface area (Å²) in [5, 5.41) is 9.90. The number of rotatable bonds is 7. The van der Waals surface area contributed by atoms with Gasteiger partial charge in [0.2, 0.25) is 5.91 Å². The number of ether oxygens (including phenoxy) is 1. The topological polar surface area (TPSA) is 96.4 Å². The number of benzene rings is 3. The molecule has 3 rings (SSSR count). The van der Waals surface area contributed by atoms with E-state index < -0.39 is 5.91 Å². The van der Waals surface area contributed by atoms with Crippen molar-refractivity contribution in [3.63, 3.8) is 0 Å². The Morgan fingerprint density at radius 1 is 1.03 bits per heavy atom. The number of amides is 2. The quantitative estimate of drug-likeness (QED) is 0.627. The van der Waals surface area contributed by atoms with Crippen molar-refractivity contribution in [3.05, 3.63) is 94.5 Å². The molecule has 0 spiro atoms. The first-order valence-electron chi connectivity index (χ1n) is 9.04. The van der Waals surface area contributed by atoms with Crippen molar-refractivity contribution in [3.8, 4) is 11.8 Å². The Labute approximate surface area is 179 Å². The Kier molecular flexibility index (Phi) is 6.68. The Morgan fingerprint density at radius 3 is 2.50 bits per heavy atom. The summed E-state index contributed by atoms with van der Waals surface area (Å²) in [6.45, 7) is -0.0637. The molecule has 150 valence electrons. The van der Waals surface area contributed by atoms with E-state index in [2.05, 4.69) is 6.07 Å². The molecule has 0 bridgehead atoms. The molecule has 0 fully saturated rings. The van der Waals surface area contributed by atoms with Crippen LogP contribution in [0.25, 0.3) is 0 Å². The van der Waals surface area contributed by atoms with Crippen LogP contribution in [0.5, 0.6) is 5.75 Å². The van der Waals surface area contributed by atoms with E-state index in [1.165, 1.54) is 11.0 Å². The number of carbonyl (C=O) groups is 2. The van der Waals surface area contributed by atoms with Gasteiger partial charge in [-0.3, -0.25) is 9.59 Å². The molecule has 0 aliphatic heterocycles. The summed E-state index contributed by atoms with van der Waals surface area (Å²) in [5.74, 6) is -0.622. The highest BCUT2D eigenvalue weighted by molar-refractivity contribution is 6.31. The molecular formula is C23H18ClN3O3. The van der Waals surface area contributed by atoms with Gasteiger partial charge in [-0.1, -0.05) is 48.0 Å². The van der Waals surface area contributed by atoms with E-state index in [-0.39, 0.29) is 24.6 Å². The van der Waals surface area contributed by atoms with Crippen LogP contribution in [0.15, 0.2) is 72.8 Å². The van der Waals surface area contributed by atoms with E-state index in [1.54, 1.807) is 36.4 Å². The minimum absolute atomic E-state index is 0.235. The van der Waals surface area contributed by atoms with Crippen molar-refractivity contribution in [2.45, 2.75) is 6.54 Å². The molecule has 0 aliphatic rings. The molecule has 2 N–H and O–H groups in total. The van der Waals surface area contributed by atoms with Crippen molar-refractivity contribution < 1.29 is 14.3 Å². The number of primary amides is 1. The molecule has 0 saturated heterocycles. The fourth-order valence-corrected chi connectivity index (χ4v) is 3.02. The van der Waals surface area contributed by atoms with Gasteiger partial charge in [-0.2, -0.15) is 5.26 Å². The molecule has 6 nitrogen and oxygen atoms in total. The normalized spacial score (nSPS) is 10.1. The van der Waals surface area contributed by atoms with Gasteiger partial charge in [0, 0.05) is 10.6 Å². The minimum Gasteiger partial charge on any atom is -0.484 e. The Balaban J connectivity index is 1.87. The van der Waals surface area contributed by atoms with Gasteiger partial charge in [-0.25, -0.2) is 0 Å². The maximum Gasteiger partial charge on any atom is 0.265 e. The van der Waals surface area contributed by atoms with Crippen LogP contribution >= 0.6 is 11.6 Å². The van der Waals surface area contributed by atoms with Gasteiger partial charge >= 0.3 is 0 Å². The lowest BCUT2D eigenvalue weighted by molar-refractivity contribution is -0.120. The van der Waals surface area contributed by atoms with Crippen molar-refractivity contribution in [2.75, 3.05) is 11.5 Å². The molecule has 7 heteroatoms. The van der Waals surface area contributed by atoms with Crippen LogP contribution in [0.3, 0.4) is 0 Å². The van der Waals surface area contributed by atoms with Crippen LogP contribution in [0, 0.1) is 11.3 Å². The number of anilines is 1. The third-order valence-electron chi connectivity index (χ3n) is 4.34. The van der Waals surface area contributed by atoms with Gasteiger partial charge in [0.25, 0.3) is 5.91 Å². The molecule has 30 heavy (non-hydrogen) atoms. The van der Waals surface area contributed by atoms with Gasteiger partial charge in [0.05, 0.1) is 17.8 Å². The molecule has 0 radical (unpaired) electrons. The molecule has 3 aromatic rings. The zero-order chi connectivity index (χ0) is 21.5. The molecule has 0 aliphatic carbocycles. The largest absolute Gasteiger partial charge is 0.484 e. The average molecular weight is 420 g/mol. The first-order chi connectivity index (χ1) is 14.5. The number of halogens is 1. The van der Waals surface area contributed by atoms with E-state index >= 15 is 0 Å². The van der Waals surface area contributed by atoms with Crippen molar-refractivity contribution in [1.29, 1.82) is 5.26 Å². The van der Waals surface area contributed by atoms with Crippen LogP contribution in [0.1, 0.15) is 21.5 Å². The highest BCUT2D eigenvalue weighted by Crippen LogP contribution is 2.26. The average Bonchev–Trinajstić information content (AvgIpc) is 2.76. The summed E-state index contributed by atoms with van der Waals surface area (Å²) >= 11 is 6.12. The number of hydrogen-bond acceptors (Lipinski definition) is 4. The van der Waals surface area contributed by atoms with E-state index in [0.29, 0.717) is 22.0 Å². The number of nitrogens with zero attached hydrogens (tertiary/aromatic N) is 2. The predicted molar refractivity (Wildman–Crippen MR) is 114 cm³/mol. The van der Waals surface area contributed by atoms with E-state index in [0.717, 1.165) is 5.56 Å². The second-order valence-electron chi connectivity index (χ2n) is 6.42. The van der Waals surface area contributed by atoms with Gasteiger partial charge in [-0.05, 0) is 42.0 Å². The summed E-state index contributed by atoms with van der Waals surface area (Å²) < 4.78 is 5.59. The Hall–Kier alpha value is -3.82. The highest BCUT2D eigenvalue weighted by atomic mass is 35.5. The molecule has 0 aromatic heterocycles. The third-order valence-corrected chi connectivity index (χ3v) is 4.57. The van der Waals surface area contributed by atoms with Crippen LogP contribution in [0.4, 0.5) is 5.69 Å². The number of nitriles is 1. The highest BCUT2D eigenvalue weighted by Gasteiger charge is 2.21. The summed E-state index contributed by atoms with van der Waals surface area (Å²) in [5.41, 5.74) is 7.16. The molecule has 0 saturated carbocycles. The standard InChI is InChI=1S/C23H18ClN3O3/c24-19-10-9-18(13-25)21(12-19)27(14-16-5-2-1-3-6-16)22(28)15-30-20-8-4-7-17(11-20)23(26)29/h1-12H,14-15H2,(H2,26,29). The molecule has 0 atom stereocenters. The minimum atomic E-state index is -0.588. The zero-order valence-corrected chi connectivity index (χ0v) is 16.7. The lowest BCUT2D eigenvalue weighted by Gasteiger charge is -2.24. The molecule has 3 aromatic carbocycles. The smallest absolute Gasteiger partial charge is 0.265 e. The van der Waals surface area contributed by atoms with Crippen molar-refractivity contribution in [1.82, 2.24) is 0 Å². The van der Waals surface area contributed by atoms with E-state index in [1.807, 2.05) is 30.3 Å². The van der Waals surface area contributed by atoms with E-state index in [9.17, 15) is 14.9 Å². The third kappa shape index (κ3) is 5.16. The summed E-state index contributed by atoms with van der Waals surface area (Å²) in [7, 11) is 0. The molecular weight excluding hydrogens is 402 g/mol. The van der Waals surface area contributed by atoms with Gasteiger partial charge < -0.3 is 15.4 Å². The van der Waals surface area contributed by atoms with E-state index in [4.69, 9.17) is 22.1 Å². The lowest BCUT2D eigenvalue weighted by atomic mass is 10.1. The van der Waals surface area contributed by atoms with Gasteiger partial charge in [0.15, 0.2) is 6.61 Å². The van der Waals surface area contributed by atoms with Crippen molar-refractivity contribution >= 4 is 29.1 Å². The fourth-order valence-electron chi connectivity index (χ4n) is 2.86. The molecule has 0 heterocycles. The first-order valence-corrected chi connectivity index (χ1v) is 9.42.